The van der Waals surface area contributed by atoms with E-state index in [0.717, 1.165) is 16.9 Å². The molecule has 0 bridgehead atoms. The molecule has 1 N–H and O–H groups in total. The van der Waals surface area contributed by atoms with Crippen molar-refractivity contribution in [2.45, 2.75) is 6.61 Å². The molecular weight excluding hydrogens is 547 g/mol. The first kappa shape index (κ1) is 23.7. The largest absolute Gasteiger partial charge is 0.497 e. The fourth-order valence-electron chi connectivity index (χ4n) is 2.94. The van der Waals surface area contributed by atoms with E-state index in [4.69, 9.17) is 32.7 Å². The smallest absolute Gasteiger partial charge is 0.264 e. The maximum atomic E-state index is 12.4. The van der Waals surface area contributed by atoms with Crippen LogP contribution in [-0.2, 0) is 11.4 Å². The Hall–Kier alpha value is -2.45. The maximum absolute atomic E-state index is 12.4. The van der Waals surface area contributed by atoms with Crippen molar-refractivity contribution >= 4 is 73.7 Å². The number of thioether (sulfide) groups is 1. The standard InChI is InChI=1S/C24H17BrCl2N2O3S/c1-31-18-8-6-17(7-9-18)28-24-29-23(30)21(33-24)12-15-10-19(25)22(20(27)11-15)32-13-14-2-4-16(26)5-3-14/h2-12H,13H2,1H3,(H,28,29,30)/b21-12+. The molecule has 0 spiro atoms. The molecule has 1 aliphatic heterocycles. The van der Waals surface area contributed by atoms with E-state index in [1.807, 2.05) is 54.6 Å². The Morgan fingerprint density at radius 3 is 2.48 bits per heavy atom. The Kier molecular flexibility index (Phi) is 7.65. The highest BCUT2D eigenvalue weighted by molar-refractivity contribution is 9.10. The van der Waals surface area contributed by atoms with E-state index in [9.17, 15) is 4.79 Å². The van der Waals surface area contributed by atoms with Gasteiger partial charge in [0, 0.05) is 5.02 Å². The van der Waals surface area contributed by atoms with Crippen LogP contribution in [0.5, 0.6) is 11.5 Å². The lowest BCUT2D eigenvalue weighted by Crippen LogP contribution is -2.19. The first-order valence-corrected chi connectivity index (χ1v) is 12.1. The highest BCUT2D eigenvalue weighted by Crippen LogP contribution is 2.37. The van der Waals surface area contributed by atoms with Crippen molar-refractivity contribution in [2.75, 3.05) is 7.11 Å². The van der Waals surface area contributed by atoms with E-state index in [1.165, 1.54) is 11.8 Å². The van der Waals surface area contributed by atoms with Crippen LogP contribution >= 0.6 is 50.9 Å². The van der Waals surface area contributed by atoms with Gasteiger partial charge < -0.3 is 14.8 Å². The van der Waals surface area contributed by atoms with E-state index in [2.05, 4.69) is 26.2 Å². The van der Waals surface area contributed by atoms with Crippen LogP contribution < -0.4 is 14.8 Å². The van der Waals surface area contributed by atoms with Gasteiger partial charge in [-0.1, -0.05) is 35.3 Å². The SMILES string of the molecule is COc1ccc(N=C2NC(=O)/C(=C\c3cc(Cl)c(OCc4ccc(Cl)cc4)c(Br)c3)S2)cc1. The van der Waals surface area contributed by atoms with Crippen LogP contribution in [0.15, 0.2) is 75.0 Å². The fourth-order valence-corrected chi connectivity index (χ4v) is 4.90. The normalized spacial score (nSPS) is 15.7. The second-order valence-electron chi connectivity index (χ2n) is 6.91. The lowest BCUT2D eigenvalue weighted by molar-refractivity contribution is -0.115. The van der Waals surface area contributed by atoms with Crippen molar-refractivity contribution in [1.82, 2.24) is 5.32 Å². The highest BCUT2D eigenvalue weighted by Gasteiger charge is 2.24. The summed E-state index contributed by atoms with van der Waals surface area (Å²) >= 11 is 17.2. The van der Waals surface area contributed by atoms with E-state index in [0.29, 0.717) is 42.6 Å². The zero-order valence-corrected chi connectivity index (χ0v) is 21.2. The number of rotatable bonds is 6. The molecule has 1 fully saturated rings. The van der Waals surface area contributed by atoms with Gasteiger partial charge in [-0.3, -0.25) is 4.79 Å². The average Bonchev–Trinajstić information content (AvgIpc) is 3.13. The Labute approximate surface area is 213 Å². The fraction of sp³-hybridized carbons (Fsp3) is 0.0833. The number of ether oxygens (including phenoxy) is 2. The van der Waals surface area contributed by atoms with Crippen molar-refractivity contribution in [3.63, 3.8) is 0 Å². The third-order valence-electron chi connectivity index (χ3n) is 4.57. The number of carbonyl (C=O) groups is 1. The topological polar surface area (TPSA) is 59.9 Å². The predicted octanol–water partition coefficient (Wildman–Crippen LogP) is 7.24. The molecule has 168 valence electrons. The monoisotopic (exact) mass is 562 g/mol. The molecule has 5 nitrogen and oxygen atoms in total. The summed E-state index contributed by atoms with van der Waals surface area (Å²) in [5, 5.41) is 4.38. The number of halogens is 3. The van der Waals surface area contributed by atoms with Crippen LogP contribution in [0.4, 0.5) is 5.69 Å². The molecule has 1 heterocycles. The minimum atomic E-state index is -0.220. The van der Waals surface area contributed by atoms with Gasteiger partial charge in [0.1, 0.15) is 12.4 Å². The minimum absolute atomic E-state index is 0.220. The molecule has 0 aliphatic carbocycles. The van der Waals surface area contributed by atoms with E-state index in [1.54, 1.807) is 19.3 Å². The molecule has 1 amide bonds. The summed E-state index contributed by atoms with van der Waals surface area (Å²) in [5.41, 5.74) is 2.44. The van der Waals surface area contributed by atoms with E-state index in [-0.39, 0.29) is 5.91 Å². The number of amides is 1. The number of benzene rings is 3. The molecule has 1 saturated heterocycles. The molecule has 4 rings (SSSR count). The van der Waals surface area contributed by atoms with Crippen molar-refractivity contribution in [3.8, 4) is 11.5 Å². The zero-order valence-electron chi connectivity index (χ0n) is 17.3. The van der Waals surface area contributed by atoms with Gasteiger partial charge in [0.05, 0.1) is 27.2 Å². The second-order valence-corrected chi connectivity index (χ2v) is 9.64. The Morgan fingerprint density at radius 2 is 1.82 bits per heavy atom. The third-order valence-corrected chi connectivity index (χ3v) is 6.60. The summed E-state index contributed by atoms with van der Waals surface area (Å²) in [5.74, 6) is 1.05. The summed E-state index contributed by atoms with van der Waals surface area (Å²) in [4.78, 5) is 17.4. The van der Waals surface area contributed by atoms with Crippen LogP contribution in [-0.4, -0.2) is 18.2 Å². The van der Waals surface area contributed by atoms with Crippen LogP contribution in [0.25, 0.3) is 6.08 Å². The van der Waals surface area contributed by atoms with Crippen LogP contribution in [0.2, 0.25) is 10.0 Å². The van der Waals surface area contributed by atoms with Gasteiger partial charge in [-0.15, -0.1) is 0 Å². The molecule has 33 heavy (non-hydrogen) atoms. The van der Waals surface area contributed by atoms with Gasteiger partial charge in [0.15, 0.2) is 10.9 Å². The summed E-state index contributed by atoms with van der Waals surface area (Å²) < 4.78 is 11.7. The average molecular weight is 564 g/mol. The molecular formula is C24H17BrCl2N2O3S. The molecule has 0 unspecified atom stereocenters. The number of aliphatic imine (C=N–C) groups is 1. The molecule has 1 aliphatic rings. The number of hydrogen-bond acceptors (Lipinski definition) is 5. The summed E-state index contributed by atoms with van der Waals surface area (Å²) in [6.45, 7) is 0.347. The van der Waals surface area contributed by atoms with Gasteiger partial charge in [0.2, 0.25) is 0 Å². The summed E-state index contributed by atoms with van der Waals surface area (Å²) in [6, 6.07) is 18.3. The van der Waals surface area contributed by atoms with Gasteiger partial charge in [-0.25, -0.2) is 4.99 Å². The molecule has 0 radical (unpaired) electrons. The zero-order chi connectivity index (χ0) is 23.4. The van der Waals surface area contributed by atoms with Crippen molar-refractivity contribution < 1.29 is 14.3 Å². The highest BCUT2D eigenvalue weighted by atomic mass is 79.9. The quantitative estimate of drug-likeness (QED) is 0.321. The number of nitrogens with zero attached hydrogens (tertiary/aromatic N) is 1. The molecule has 9 heteroatoms. The third kappa shape index (κ3) is 6.12. The minimum Gasteiger partial charge on any atom is -0.497 e. The number of amidine groups is 1. The molecule has 0 atom stereocenters. The van der Waals surface area contributed by atoms with Crippen LogP contribution in [0.1, 0.15) is 11.1 Å². The van der Waals surface area contributed by atoms with Crippen molar-refractivity contribution in [2.24, 2.45) is 4.99 Å². The number of nitrogens with one attached hydrogen (secondary N) is 1. The first-order valence-electron chi connectivity index (χ1n) is 9.71. The Morgan fingerprint density at radius 1 is 1.09 bits per heavy atom. The Bertz CT molecular complexity index is 1220. The number of methoxy groups -OCH3 is 1. The number of carbonyl (C=O) groups excluding carboxylic acids is 1. The molecule has 0 saturated carbocycles. The van der Waals surface area contributed by atoms with Gasteiger partial charge in [0.25, 0.3) is 5.91 Å². The first-order chi connectivity index (χ1) is 15.9. The van der Waals surface area contributed by atoms with Crippen LogP contribution in [0.3, 0.4) is 0 Å². The van der Waals surface area contributed by atoms with Gasteiger partial charge in [-0.05, 0) is 93.4 Å². The van der Waals surface area contributed by atoms with Crippen molar-refractivity contribution in [3.05, 3.63) is 91.2 Å². The lowest BCUT2D eigenvalue weighted by atomic mass is 10.2. The Balaban J connectivity index is 1.48. The van der Waals surface area contributed by atoms with Crippen LogP contribution in [0, 0.1) is 0 Å². The van der Waals surface area contributed by atoms with Gasteiger partial charge in [-0.2, -0.15) is 0 Å². The molecule has 0 aromatic heterocycles. The summed E-state index contributed by atoms with van der Waals surface area (Å²) in [6.07, 6.45) is 1.76. The predicted molar refractivity (Wildman–Crippen MR) is 139 cm³/mol. The molecule has 3 aromatic carbocycles. The maximum Gasteiger partial charge on any atom is 0.264 e. The van der Waals surface area contributed by atoms with Crippen molar-refractivity contribution in [1.29, 1.82) is 0 Å². The summed E-state index contributed by atoms with van der Waals surface area (Å²) in [7, 11) is 1.61. The molecule has 3 aromatic rings. The van der Waals surface area contributed by atoms with E-state index >= 15 is 0 Å². The second kappa shape index (κ2) is 10.7. The van der Waals surface area contributed by atoms with E-state index < -0.39 is 0 Å². The number of hydrogen-bond donors (Lipinski definition) is 1. The van der Waals surface area contributed by atoms with Gasteiger partial charge >= 0.3 is 0 Å². The lowest BCUT2D eigenvalue weighted by Gasteiger charge is -2.11.